The van der Waals surface area contributed by atoms with Crippen molar-refractivity contribution < 1.29 is 8.42 Å². The molecule has 7 nitrogen and oxygen atoms in total. The maximum absolute atomic E-state index is 11.7. The maximum Gasteiger partial charge on any atom is 0.213 e. The molecule has 2 heterocycles. The molecule has 0 saturated heterocycles. The van der Waals surface area contributed by atoms with Gasteiger partial charge in [-0.15, -0.1) is 0 Å². The molecule has 0 saturated carbocycles. The quantitative estimate of drug-likeness (QED) is 0.718. The standard InChI is InChI=1S/C13H25N5O2S/c1-4-12-15-13-7-6-11(10-18(13)16-12)14-8-5-9-21(19,20)17(2)3/h11,14H,4-10H2,1-3H3/t11-/m1/s1. The molecule has 1 aliphatic heterocycles. The van der Waals surface area contributed by atoms with E-state index in [4.69, 9.17) is 0 Å². The number of rotatable bonds is 7. The number of nitrogens with zero attached hydrogens (tertiary/aromatic N) is 4. The predicted octanol–water partition coefficient (Wildman–Crippen LogP) is 0.0264. The Kier molecular flexibility index (Phi) is 5.34. The first-order valence-electron chi connectivity index (χ1n) is 7.48. The van der Waals surface area contributed by atoms with E-state index in [0.29, 0.717) is 19.0 Å². The van der Waals surface area contributed by atoms with E-state index in [9.17, 15) is 8.42 Å². The molecular formula is C13H25N5O2S. The SMILES string of the molecule is CCc1nc2n(n1)C[C@H](NCCCS(=O)(=O)N(C)C)CC2. The first kappa shape index (κ1) is 16.4. The zero-order chi connectivity index (χ0) is 15.5. The van der Waals surface area contributed by atoms with Crippen LogP contribution < -0.4 is 5.32 Å². The van der Waals surface area contributed by atoms with Gasteiger partial charge in [0, 0.05) is 33.0 Å². The van der Waals surface area contributed by atoms with Gasteiger partial charge in [0.25, 0.3) is 0 Å². The molecule has 0 spiro atoms. The van der Waals surface area contributed by atoms with Crippen LogP contribution in [0.1, 0.15) is 31.4 Å². The molecule has 0 unspecified atom stereocenters. The topological polar surface area (TPSA) is 80.1 Å². The van der Waals surface area contributed by atoms with Gasteiger partial charge in [0.05, 0.1) is 12.3 Å². The van der Waals surface area contributed by atoms with Crippen LogP contribution in [0.25, 0.3) is 0 Å². The molecule has 1 N–H and O–H groups in total. The summed E-state index contributed by atoms with van der Waals surface area (Å²) in [5.74, 6) is 2.16. The average molecular weight is 315 g/mol. The van der Waals surface area contributed by atoms with Crippen molar-refractivity contribution in [3.8, 4) is 0 Å². The summed E-state index contributed by atoms with van der Waals surface area (Å²) >= 11 is 0. The molecule has 1 aliphatic rings. The first-order chi connectivity index (χ1) is 9.92. The summed E-state index contributed by atoms with van der Waals surface area (Å²) in [6.07, 6.45) is 3.45. The van der Waals surface area contributed by atoms with Gasteiger partial charge in [-0.2, -0.15) is 5.10 Å². The third kappa shape index (κ3) is 4.24. The van der Waals surface area contributed by atoms with Crippen LogP contribution in [0.15, 0.2) is 0 Å². The number of fused-ring (bicyclic) bond motifs is 1. The molecule has 8 heteroatoms. The molecule has 0 amide bonds. The van der Waals surface area contributed by atoms with Gasteiger partial charge in [-0.05, 0) is 19.4 Å². The average Bonchev–Trinajstić information content (AvgIpc) is 2.85. The van der Waals surface area contributed by atoms with Crippen molar-refractivity contribution in [2.24, 2.45) is 0 Å². The zero-order valence-electron chi connectivity index (χ0n) is 13.0. The van der Waals surface area contributed by atoms with Crippen molar-refractivity contribution in [2.75, 3.05) is 26.4 Å². The molecule has 21 heavy (non-hydrogen) atoms. The number of nitrogens with one attached hydrogen (secondary N) is 1. The summed E-state index contributed by atoms with van der Waals surface area (Å²) in [6, 6.07) is 0.353. The van der Waals surface area contributed by atoms with Crippen LogP contribution >= 0.6 is 0 Å². The summed E-state index contributed by atoms with van der Waals surface area (Å²) in [5.41, 5.74) is 0. The lowest BCUT2D eigenvalue weighted by molar-refractivity contribution is 0.359. The van der Waals surface area contributed by atoms with Crippen LogP contribution in [0.3, 0.4) is 0 Å². The zero-order valence-corrected chi connectivity index (χ0v) is 13.9. The number of aryl methyl sites for hydroxylation is 2. The second-order valence-electron chi connectivity index (χ2n) is 5.62. The molecule has 1 atom stereocenters. The molecule has 120 valence electrons. The first-order valence-corrected chi connectivity index (χ1v) is 9.09. The highest BCUT2D eigenvalue weighted by Crippen LogP contribution is 2.13. The Morgan fingerprint density at radius 1 is 1.43 bits per heavy atom. The summed E-state index contributed by atoms with van der Waals surface area (Å²) < 4.78 is 26.6. The minimum Gasteiger partial charge on any atom is -0.312 e. The van der Waals surface area contributed by atoms with Gasteiger partial charge < -0.3 is 5.32 Å². The van der Waals surface area contributed by atoms with E-state index < -0.39 is 10.0 Å². The van der Waals surface area contributed by atoms with E-state index in [1.54, 1.807) is 14.1 Å². The molecule has 0 radical (unpaired) electrons. The fourth-order valence-corrected chi connectivity index (χ4v) is 3.29. The molecule has 0 aromatic carbocycles. The van der Waals surface area contributed by atoms with Crippen LogP contribution in [-0.4, -0.2) is 59.9 Å². The Morgan fingerprint density at radius 2 is 2.19 bits per heavy atom. The molecule has 1 aromatic rings. The Bertz CT molecular complexity index is 567. The Balaban J connectivity index is 1.76. The smallest absolute Gasteiger partial charge is 0.213 e. The van der Waals surface area contributed by atoms with E-state index in [1.807, 2.05) is 4.68 Å². The van der Waals surface area contributed by atoms with Crippen molar-refractivity contribution in [3.05, 3.63) is 11.6 Å². The monoisotopic (exact) mass is 315 g/mol. The maximum atomic E-state index is 11.7. The Morgan fingerprint density at radius 3 is 2.86 bits per heavy atom. The van der Waals surface area contributed by atoms with Crippen LogP contribution in [0.2, 0.25) is 0 Å². The van der Waals surface area contributed by atoms with E-state index in [-0.39, 0.29) is 5.75 Å². The summed E-state index contributed by atoms with van der Waals surface area (Å²) in [6.45, 7) is 3.59. The highest BCUT2D eigenvalue weighted by atomic mass is 32.2. The van der Waals surface area contributed by atoms with Gasteiger partial charge in [-0.1, -0.05) is 6.92 Å². The van der Waals surface area contributed by atoms with Crippen molar-refractivity contribution in [1.29, 1.82) is 0 Å². The van der Waals surface area contributed by atoms with Crippen LogP contribution in [0.5, 0.6) is 0 Å². The fraction of sp³-hybridized carbons (Fsp3) is 0.846. The normalized spacial score (nSPS) is 19.0. The molecule has 2 rings (SSSR count). The van der Waals surface area contributed by atoms with Gasteiger partial charge in [-0.3, -0.25) is 0 Å². The third-order valence-electron chi connectivity index (χ3n) is 3.79. The summed E-state index contributed by atoms with van der Waals surface area (Å²) in [4.78, 5) is 4.49. The van der Waals surface area contributed by atoms with Crippen molar-refractivity contribution in [1.82, 2.24) is 24.4 Å². The fourth-order valence-electron chi connectivity index (χ4n) is 2.42. The molecular weight excluding hydrogens is 290 g/mol. The number of aromatic nitrogens is 3. The van der Waals surface area contributed by atoms with Gasteiger partial charge in [0.15, 0.2) is 5.82 Å². The van der Waals surface area contributed by atoms with Gasteiger partial charge in [-0.25, -0.2) is 22.4 Å². The number of hydrogen-bond acceptors (Lipinski definition) is 5. The van der Waals surface area contributed by atoms with E-state index in [0.717, 1.165) is 37.5 Å². The predicted molar refractivity (Wildman–Crippen MR) is 81.6 cm³/mol. The lowest BCUT2D eigenvalue weighted by atomic mass is 10.1. The lowest BCUT2D eigenvalue weighted by Crippen LogP contribution is -2.39. The lowest BCUT2D eigenvalue weighted by Gasteiger charge is -2.23. The van der Waals surface area contributed by atoms with E-state index in [2.05, 4.69) is 22.3 Å². The molecule has 1 aromatic heterocycles. The van der Waals surface area contributed by atoms with Crippen LogP contribution in [0.4, 0.5) is 0 Å². The molecule has 0 bridgehead atoms. The summed E-state index contributed by atoms with van der Waals surface area (Å²) in [5, 5.41) is 7.90. The van der Waals surface area contributed by atoms with Crippen molar-refractivity contribution >= 4 is 10.0 Å². The Labute approximate surface area is 126 Å². The van der Waals surface area contributed by atoms with Crippen molar-refractivity contribution in [2.45, 2.75) is 45.2 Å². The van der Waals surface area contributed by atoms with Gasteiger partial charge in [0.1, 0.15) is 5.82 Å². The highest BCUT2D eigenvalue weighted by molar-refractivity contribution is 7.89. The largest absolute Gasteiger partial charge is 0.312 e. The van der Waals surface area contributed by atoms with E-state index in [1.165, 1.54) is 4.31 Å². The van der Waals surface area contributed by atoms with Crippen LogP contribution in [-0.2, 0) is 29.4 Å². The number of hydrogen-bond donors (Lipinski definition) is 1. The molecule has 0 fully saturated rings. The second-order valence-corrected chi connectivity index (χ2v) is 7.92. The second kappa shape index (κ2) is 6.85. The van der Waals surface area contributed by atoms with Crippen LogP contribution in [0, 0.1) is 0 Å². The van der Waals surface area contributed by atoms with E-state index >= 15 is 0 Å². The number of sulfonamides is 1. The van der Waals surface area contributed by atoms with Crippen molar-refractivity contribution in [3.63, 3.8) is 0 Å². The Hall–Kier alpha value is -0.990. The third-order valence-corrected chi connectivity index (χ3v) is 5.70. The minimum absolute atomic E-state index is 0.189. The molecule has 0 aliphatic carbocycles. The highest BCUT2D eigenvalue weighted by Gasteiger charge is 2.21. The van der Waals surface area contributed by atoms with Gasteiger partial charge >= 0.3 is 0 Å². The summed E-state index contributed by atoms with van der Waals surface area (Å²) in [7, 11) is 0.0577. The minimum atomic E-state index is -3.08. The van der Waals surface area contributed by atoms with Gasteiger partial charge in [0.2, 0.25) is 10.0 Å².